The lowest BCUT2D eigenvalue weighted by Crippen LogP contribution is -2.55. The molecule has 3 heterocycles. The Bertz CT molecular complexity index is 479. The van der Waals surface area contributed by atoms with E-state index in [1.54, 1.807) is 0 Å². The molecular weight excluding hydrogens is 290 g/mol. The summed E-state index contributed by atoms with van der Waals surface area (Å²) in [6, 6.07) is -0.858. The number of nitrogens with zero attached hydrogens (tertiary/aromatic N) is 2. The van der Waals surface area contributed by atoms with Crippen LogP contribution in [-0.2, 0) is 14.4 Å². The average molecular weight is 311 g/mol. The van der Waals surface area contributed by atoms with Crippen molar-refractivity contribution < 1.29 is 19.2 Å². The first-order valence-electron chi connectivity index (χ1n) is 7.56. The minimum absolute atomic E-state index is 0.000652. The van der Waals surface area contributed by atoms with Crippen LogP contribution < -0.4 is 16.2 Å². The fourth-order valence-corrected chi connectivity index (χ4v) is 3.32. The summed E-state index contributed by atoms with van der Waals surface area (Å²) in [5.41, 5.74) is 4.90. The monoisotopic (exact) mass is 311 g/mol. The lowest BCUT2D eigenvalue weighted by molar-refractivity contribution is -0.133. The second-order valence-electron chi connectivity index (χ2n) is 5.86. The second kappa shape index (κ2) is 6.09. The van der Waals surface area contributed by atoms with Crippen molar-refractivity contribution >= 4 is 17.8 Å². The molecule has 3 rings (SSSR count). The van der Waals surface area contributed by atoms with E-state index in [9.17, 15) is 14.4 Å². The van der Waals surface area contributed by atoms with Gasteiger partial charge in [-0.2, -0.15) is 5.06 Å². The molecule has 3 saturated heterocycles. The normalized spacial score (nSPS) is 30.6. The quantitative estimate of drug-likeness (QED) is 0.555. The van der Waals surface area contributed by atoms with E-state index in [1.807, 2.05) is 0 Å². The third-order valence-electron chi connectivity index (χ3n) is 4.56. The first kappa shape index (κ1) is 15.0. The highest BCUT2D eigenvalue weighted by molar-refractivity contribution is 5.90. The summed E-state index contributed by atoms with van der Waals surface area (Å²) >= 11 is 0. The van der Waals surface area contributed by atoms with Crippen LogP contribution in [0.1, 0.15) is 19.3 Å². The Labute approximate surface area is 128 Å². The fraction of sp³-hybridized carbons (Fsp3) is 0.769. The number of hydrogen-bond acceptors (Lipinski definition) is 5. The number of fused-ring (bicyclic) bond motifs is 2. The molecule has 4 amide bonds. The smallest absolute Gasteiger partial charge is 0.316 e. The summed E-state index contributed by atoms with van der Waals surface area (Å²) in [6.45, 7) is 1.91. The molecule has 0 aromatic carbocycles. The number of hydroxylamine groups is 2. The molecule has 0 unspecified atom stereocenters. The molecule has 9 nitrogen and oxygen atoms in total. The van der Waals surface area contributed by atoms with Gasteiger partial charge in [-0.1, -0.05) is 0 Å². The van der Waals surface area contributed by atoms with Crippen molar-refractivity contribution in [1.29, 1.82) is 0 Å². The van der Waals surface area contributed by atoms with Crippen molar-refractivity contribution in [2.75, 3.05) is 26.7 Å². The lowest BCUT2D eigenvalue weighted by Gasteiger charge is -2.29. The Kier molecular flexibility index (Phi) is 4.16. The second-order valence-corrected chi connectivity index (χ2v) is 5.86. The molecule has 22 heavy (non-hydrogen) atoms. The van der Waals surface area contributed by atoms with Gasteiger partial charge in [0.05, 0.1) is 19.1 Å². The van der Waals surface area contributed by atoms with Gasteiger partial charge >= 0.3 is 6.03 Å². The summed E-state index contributed by atoms with van der Waals surface area (Å²) in [6.07, 6.45) is 2.03. The number of nitrogens with one attached hydrogen (secondary N) is 3. The van der Waals surface area contributed by atoms with Gasteiger partial charge in [-0.3, -0.25) is 25.3 Å². The van der Waals surface area contributed by atoms with Crippen molar-refractivity contribution in [2.45, 2.75) is 31.3 Å². The van der Waals surface area contributed by atoms with E-state index < -0.39 is 6.04 Å². The minimum Gasteiger partial charge on any atom is -0.316 e. The van der Waals surface area contributed by atoms with E-state index in [2.05, 4.69) is 16.2 Å². The maximum absolute atomic E-state index is 12.3. The van der Waals surface area contributed by atoms with Crippen molar-refractivity contribution in [3.8, 4) is 0 Å². The number of rotatable bonds is 3. The van der Waals surface area contributed by atoms with E-state index in [0.29, 0.717) is 25.9 Å². The van der Waals surface area contributed by atoms with Gasteiger partial charge in [0.25, 0.3) is 5.91 Å². The van der Waals surface area contributed by atoms with E-state index >= 15 is 0 Å². The molecule has 0 spiro atoms. The minimum atomic E-state index is -0.564. The molecule has 3 aliphatic heterocycles. The molecule has 0 saturated carbocycles. The van der Waals surface area contributed by atoms with Gasteiger partial charge < -0.3 is 10.2 Å². The van der Waals surface area contributed by atoms with Crippen molar-refractivity contribution in [3.63, 3.8) is 0 Å². The molecule has 0 aromatic rings. The molecule has 0 aromatic heterocycles. The van der Waals surface area contributed by atoms with Crippen LogP contribution in [0, 0.1) is 5.92 Å². The molecule has 3 fully saturated rings. The summed E-state index contributed by atoms with van der Waals surface area (Å²) in [7, 11) is 1.45. The average Bonchev–Trinajstić information content (AvgIpc) is 3.13. The van der Waals surface area contributed by atoms with Crippen LogP contribution in [0.15, 0.2) is 0 Å². The van der Waals surface area contributed by atoms with Crippen LogP contribution >= 0.6 is 0 Å². The molecule has 0 aliphatic carbocycles. The first-order chi connectivity index (χ1) is 10.6. The molecule has 3 N–H and O–H groups in total. The van der Waals surface area contributed by atoms with E-state index in [1.165, 1.54) is 17.1 Å². The largest absolute Gasteiger partial charge is 0.345 e. The highest BCUT2D eigenvalue weighted by Crippen LogP contribution is 2.29. The van der Waals surface area contributed by atoms with Crippen LogP contribution in [0.2, 0.25) is 0 Å². The fourth-order valence-electron chi connectivity index (χ4n) is 3.32. The maximum atomic E-state index is 12.3. The number of piperidine rings is 1. The lowest BCUT2D eigenvalue weighted by atomic mass is 10.0. The first-order valence-corrected chi connectivity index (χ1v) is 7.56. The Morgan fingerprint density at radius 1 is 1.23 bits per heavy atom. The number of hydrogen-bond donors (Lipinski definition) is 3. The molecule has 0 radical (unpaired) electrons. The van der Waals surface area contributed by atoms with Crippen LogP contribution in [0.5, 0.6) is 0 Å². The Balaban J connectivity index is 1.54. The summed E-state index contributed by atoms with van der Waals surface area (Å²) < 4.78 is 0. The predicted octanol–water partition coefficient (Wildman–Crippen LogP) is -1.43. The van der Waals surface area contributed by atoms with Crippen molar-refractivity contribution in [1.82, 2.24) is 26.1 Å². The molecule has 3 aliphatic rings. The third kappa shape index (κ3) is 2.61. The Morgan fingerprint density at radius 3 is 2.68 bits per heavy atom. The topological polar surface area (TPSA) is 103 Å². The van der Waals surface area contributed by atoms with Gasteiger partial charge in [0.15, 0.2) is 0 Å². The van der Waals surface area contributed by atoms with Crippen molar-refractivity contribution in [3.05, 3.63) is 0 Å². The number of carbonyl (C=O) groups excluding carboxylic acids is 3. The Hall–Kier alpha value is -1.87. The highest BCUT2D eigenvalue weighted by atomic mass is 16.7. The van der Waals surface area contributed by atoms with E-state index in [0.717, 1.165) is 13.0 Å². The third-order valence-corrected chi connectivity index (χ3v) is 4.56. The number of hydrazine groups is 1. The predicted molar refractivity (Wildman–Crippen MR) is 75.0 cm³/mol. The zero-order chi connectivity index (χ0) is 15.7. The summed E-state index contributed by atoms with van der Waals surface area (Å²) in [5, 5.41) is 4.41. The molecular formula is C13H21N5O4. The number of urea groups is 1. The standard InChI is InChI=1S/C13H21N5O4/c1-22-18-9-2-3-10(17(7-9)13(18)21)12(20)16-15-11(19)8-4-5-14-6-8/h8-10,14H,2-7H2,1H3,(H,15,19)(H,16,20)/t8-,9-,10+/m1/s1. The van der Waals surface area contributed by atoms with Gasteiger partial charge in [0.1, 0.15) is 6.04 Å². The van der Waals surface area contributed by atoms with Crippen molar-refractivity contribution in [2.24, 2.45) is 5.92 Å². The summed E-state index contributed by atoms with van der Waals surface area (Å²) in [4.78, 5) is 42.8. The van der Waals surface area contributed by atoms with Gasteiger partial charge in [0.2, 0.25) is 5.91 Å². The zero-order valence-electron chi connectivity index (χ0n) is 12.5. The van der Waals surface area contributed by atoms with Crippen LogP contribution in [0.4, 0.5) is 4.79 Å². The van der Waals surface area contributed by atoms with E-state index in [4.69, 9.17) is 4.84 Å². The SMILES string of the molecule is CON1C(=O)N2C[C@H]1CC[C@H]2C(=O)NNC(=O)[C@@H]1CCNC1. The molecule has 9 heteroatoms. The van der Waals surface area contributed by atoms with Crippen LogP contribution in [0.25, 0.3) is 0 Å². The Morgan fingerprint density at radius 2 is 2.00 bits per heavy atom. The van der Waals surface area contributed by atoms with Crippen LogP contribution in [-0.4, -0.2) is 66.6 Å². The number of carbonyl (C=O) groups is 3. The van der Waals surface area contributed by atoms with Crippen LogP contribution in [0.3, 0.4) is 0 Å². The highest BCUT2D eigenvalue weighted by Gasteiger charge is 2.47. The maximum Gasteiger partial charge on any atom is 0.345 e. The molecule has 3 atom stereocenters. The molecule has 122 valence electrons. The van der Waals surface area contributed by atoms with Gasteiger partial charge in [-0.25, -0.2) is 4.79 Å². The molecule has 2 bridgehead atoms. The van der Waals surface area contributed by atoms with Gasteiger partial charge in [0, 0.05) is 13.1 Å². The number of amides is 4. The zero-order valence-corrected chi connectivity index (χ0v) is 12.5. The van der Waals surface area contributed by atoms with E-state index in [-0.39, 0.29) is 29.8 Å². The van der Waals surface area contributed by atoms with Gasteiger partial charge in [-0.05, 0) is 25.8 Å². The van der Waals surface area contributed by atoms with Gasteiger partial charge in [-0.15, -0.1) is 0 Å². The summed E-state index contributed by atoms with van der Waals surface area (Å²) in [5.74, 6) is -0.671.